The molecule has 0 spiro atoms. The zero-order chi connectivity index (χ0) is 16.9. The molecule has 0 radical (unpaired) electrons. The highest BCUT2D eigenvalue weighted by atomic mass is 32.2. The molecule has 0 unspecified atom stereocenters. The lowest BCUT2D eigenvalue weighted by molar-refractivity contribution is 0.344. The minimum Gasteiger partial charge on any atom is -0.493 e. The highest BCUT2D eigenvalue weighted by molar-refractivity contribution is 7.99. The fourth-order valence-electron chi connectivity index (χ4n) is 2.51. The Morgan fingerprint density at radius 3 is 2.48 bits per heavy atom. The predicted octanol–water partition coefficient (Wildman–Crippen LogP) is 5.53. The third kappa shape index (κ3) is 3.83. The van der Waals surface area contributed by atoms with Crippen molar-refractivity contribution in [3.8, 4) is 16.2 Å². The molecule has 0 bridgehead atoms. The van der Waals surface area contributed by atoms with E-state index < -0.39 is 0 Å². The number of nitrogens with zero attached hydrogens (tertiary/aromatic N) is 2. The van der Waals surface area contributed by atoms with Gasteiger partial charge in [0.05, 0.1) is 6.61 Å². The molecule has 4 rings (SSSR count). The van der Waals surface area contributed by atoms with Crippen molar-refractivity contribution in [1.29, 1.82) is 0 Å². The van der Waals surface area contributed by atoms with Crippen LogP contribution in [-0.2, 0) is 0 Å². The predicted molar refractivity (Wildman–Crippen MR) is 106 cm³/mol. The Hall–Kier alpha value is -2.37. The summed E-state index contributed by atoms with van der Waals surface area (Å²) in [6, 6.07) is 22.5. The Kier molecular flexibility index (Phi) is 4.95. The van der Waals surface area contributed by atoms with Crippen LogP contribution in [0.2, 0.25) is 0 Å². The normalized spacial score (nSPS) is 10.9. The van der Waals surface area contributed by atoms with Crippen LogP contribution in [0.3, 0.4) is 0 Å². The van der Waals surface area contributed by atoms with Crippen molar-refractivity contribution in [1.82, 2.24) is 9.97 Å². The summed E-state index contributed by atoms with van der Waals surface area (Å²) in [6.07, 6.45) is 1.65. The second-order valence-electron chi connectivity index (χ2n) is 5.38. The number of rotatable bonds is 6. The number of benzene rings is 2. The molecule has 25 heavy (non-hydrogen) atoms. The number of ether oxygens (including phenoxy) is 1. The highest BCUT2D eigenvalue weighted by Crippen LogP contribution is 2.35. The maximum absolute atomic E-state index is 5.75. The average molecular weight is 364 g/mol. The Labute approximate surface area is 154 Å². The van der Waals surface area contributed by atoms with E-state index in [0.29, 0.717) is 6.61 Å². The van der Waals surface area contributed by atoms with E-state index in [0.717, 1.165) is 26.7 Å². The van der Waals surface area contributed by atoms with E-state index in [9.17, 15) is 0 Å². The fourth-order valence-corrected chi connectivity index (χ4v) is 4.37. The SMILES string of the molecule is c1ccc(OCCSc2ncnc3sc(-c4ccccc4)cc23)cc1. The van der Waals surface area contributed by atoms with E-state index in [1.807, 2.05) is 36.4 Å². The molecule has 4 aromatic rings. The minimum absolute atomic E-state index is 0.649. The molecule has 0 fully saturated rings. The van der Waals surface area contributed by atoms with E-state index in [-0.39, 0.29) is 0 Å². The molecule has 0 saturated heterocycles. The van der Waals surface area contributed by atoms with Crippen molar-refractivity contribution in [2.75, 3.05) is 12.4 Å². The number of para-hydroxylation sites is 1. The summed E-state index contributed by atoms with van der Waals surface area (Å²) in [4.78, 5) is 11.1. The third-order valence-corrected chi connectivity index (χ3v) is 5.75. The van der Waals surface area contributed by atoms with Gasteiger partial charge in [0, 0.05) is 16.0 Å². The summed E-state index contributed by atoms with van der Waals surface area (Å²) in [5, 5.41) is 2.14. The molecule has 0 saturated carbocycles. The van der Waals surface area contributed by atoms with Crippen molar-refractivity contribution < 1.29 is 4.74 Å². The number of thiophene rings is 1. The van der Waals surface area contributed by atoms with Crippen molar-refractivity contribution in [2.24, 2.45) is 0 Å². The van der Waals surface area contributed by atoms with Gasteiger partial charge in [-0.15, -0.1) is 23.1 Å². The maximum Gasteiger partial charge on any atom is 0.128 e. The molecular weight excluding hydrogens is 348 g/mol. The first-order chi connectivity index (χ1) is 12.4. The van der Waals surface area contributed by atoms with Crippen molar-refractivity contribution in [3.05, 3.63) is 73.1 Å². The monoisotopic (exact) mass is 364 g/mol. The van der Waals surface area contributed by atoms with Gasteiger partial charge in [-0.25, -0.2) is 9.97 Å². The average Bonchev–Trinajstić information content (AvgIpc) is 3.12. The molecule has 0 aliphatic heterocycles. The molecule has 2 aromatic heterocycles. The highest BCUT2D eigenvalue weighted by Gasteiger charge is 2.10. The molecular formula is C20H16N2OS2. The van der Waals surface area contributed by atoms with Gasteiger partial charge in [-0.2, -0.15) is 0 Å². The first-order valence-corrected chi connectivity index (χ1v) is 9.81. The Balaban J connectivity index is 1.47. The van der Waals surface area contributed by atoms with Crippen molar-refractivity contribution >= 4 is 33.3 Å². The van der Waals surface area contributed by atoms with Crippen LogP contribution in [-0.4, -0.2) is 22.3 Å². The molecule has 0 N–H and O–H groups in total. The summed E-state index contributed by atoms with van der Waals surface area (Å²) in [7, 11) is 0. The van der Waals surface area contributed by atoms with Gasteiger partial charge in [-0.05, 0) is 23.8 Å². The van der Waals surface area contributed by atoms with Crippen LogP contribution in [0.4, 0.5) is 0 Å². The van der Waals surface area contributed by atoms with Gasteiger partial charge in [0.15, 0.2) is 0 Å². The lowest BCUT2D eigenvalue weighted by Crippen LogP contribution is -2.00. The summed E-state index contributed by atoms with van der Waals surface area (Å²) in [5.74, 6) is 1.75. The number of hydrogen-bond acceptors (Lipinski definition) is 5. The third-order valence-electron chi connectivity index (χ3n) is 3.69. The van der Waals surface area contributed by atoms with Gasteiger partial charge < -0.3 is 4.74 Å². The van der Waals surface area contributed by atoms with E-state index in [1.54, 1.807) is 29.4 Å². The first kappa shape index (κ1) is 16.1. The van der Waals surface area contributed by atoms with Gasteiger partial charge >= 0.3 is 0 Å². The van der Waals surface area contributed by atoms with Crippen LogP contribution in [0.15, 0.2) is 78.1 Å². The van der Waals surface area contributed by atoms with Gasteiger partial charge in [-0.3, -0.25) is 0 Å². The number of aromatic nitrogens is 2. The van der Waals surface area contributed by atoms with Gasteiger partial charge in [0.1, 0.15) is 21.9 Å². The molecule has 3 nitrogen and oxygen atoms in total. The Bertz CT molecular complexity index is 955. The van der Waals surface area contributed by atoms with E-state index in [2.05, 4.69) is 40.3 Å². The first-order valence-electron chi connectivity index (χ1n) is 8.01. The largest absolute Gasteiger partial charge is 0.493 e. The van der Waals surface area contributed by atoms with E-state index >= 15 is 0 Å². The van der Waals surface area contributed by atoms with Crippen LogP contribution in [0.5, 0.6) is 5.75 Å². The molecule has 2 heterocycles. The summed E-state index contributed by atoms with van der Waals surface area (Å²) in [5.41, 5.74) is 1.22. The van der Waals surface area contributed by atoms with Crippen LogP contribution >= 0.6 is 23.1 Å². The molecule has 0 amide bonds. The van der Waals surface area contributed by atoms with Gasteiger partial charge in [0.2, 0.25) is 0 Å². The zero-order valence-electron chi connectivity index (χ0n) is 13.5. The van der Waals surface area contributed by atoms with Crippen LogP contribution in [0.1, 0.15) is 0 Å². The lowest BCUT2D eigenvalue weighted by Gasteiger charge is -2.05. The van der Waals surface area contributed by atoms with Crippen LogP contribution in [0.25, 0.3) is 20.7 Å². The number of thioether (sulfide) groups is 1. The zero-order valence-corrected chi connectivity index (χ0v) is 15.1. The number of fused-ring (bicyclic) bond motifs is 1. The molecule has 0 atom stereocenters. The molecule has 2 aromatic carbocycles. The standard InChI is InChI=1S/C20H16N2OS2/c1-3-7-15(8-4-1)18-13-17-19(21-14-22-20(17)25-18)24-12-11-23-16-9-5-2-6-10-16/h1-10,13-14H,11-12H2. The van der Waals surface area contributed by atoms with E-state index in [4.69, 9.17) is 4.74 Å². The molecule has 0 aliphatic rings. The van der Waals surface area contributed by atoms with Gasteiger partial charge in [-0.1, -0.05) is 48.5 Å². The van der Waals surface area contributed by atoms with Crippen molar-refractivity contribution in [2.45, 2.75) is 5.03 Å². The van der Waals surface area contributed by atoms with Gasteiger partial charge in [0.25, 0.3) is 0 Å². The Morgan fingerprint density at radius 2 is 1.68 bits per heavy atom. The second-order valence-corrected chi connectivity index (χ2v) is 7.50. The second kappa shape index (κ2) is 7.68. The van der Waals surface area contributed by atoms with Crippen LogP contribution in [0, 0.1) is 0 Å². The quantitative estimate of drug-likeness (QED) is 0.256. The number of hydrogen-bond donors (Lipinski definition) is 0. The minimum atomic E-state index is 0.649. The maximum atomic E-state index is 5.75. The molecule has 124 valence electrons. The summed E-state index contributed by atoms with van der Waals surface area (Å²) < 4.78 is 5.75. The smallest absolute Gasteiger partial charge is 0.128 e. The molecule has 0 aliphatic carbocycles. The van der Waals surface area contributed by atoms with Crippen molar-refractivity contribution in [3.63, 3.8) is 0 Å². The summed E-state index contributed by atoms with van der Waals surface area (Å²) in [6.45, 7) is 0.649. The molecule has 5 heteroatoms. The lowest BCUT2D eigenvalue weighted by atomic mass is 10.2. The van der Waals surface area contributed by atoms with Crippen LogP contribution < -0.4 is 4.74 Å². The van der Waals surface area contributed by atoms with E-state index in [1.165, 1.54) is 10.4 Å². The summed E-state index contributed by atoms with van der Waals surface area (Å²) >= 11 is 3.41. The fraction of sp³-hybridized carbons (Fsp3) is 0.100. The topological polar surface area (TPSA) is 35.0 Å². The Morgan fingerprint density at radius 1 is 0.920 bits per heavy atom.